The Bertz CT molecular complexity index is 148. The van der Waals surface area contributed by atoms with E-state index >= 15 is 0 Å². The van der Waals surface area contributed by atoms with Crippen molar-refractivity contribution in [3.05, 3.63) is 12.7 Å². The van der Waals surface area contributed by atoms with Gasteiger partial charge in [-0.25, -0.2) is 0 Å². The summed E-state index contributed by atoms with van der Waals surface area (Å²) in [6, 6.07) is 0. The monoisotopic (exact) mass is 194 g/mol. The highest BCUT2D eigenvalue weighted by Gasteiger charge is 2.23. The molecule has 0 aromatic carbocycles. The Morgan fingerprint density at radius 2 is 1.79 bits per heavy atom. The van der Waals surface area contributed by atoms with Crippen LogP contribution in [0.2, 0.25) is 0 Å². The summed E-state index contributed by atoms with van der Waals surface area (Å²) in [7, 11) is 0. The summed E-state index contributed by atoms with van der Waals surface area (Å²) in [6.45, 7) is 6.08. The van der Waals surface area contributed by atoms with Crippen molar-refractivity contribution in [1.29, 1.82) is 0 Å². The second-order valence-corrected chi connectivity index (χ2v) is 4.91. The molecule has 2 unspecified atom stereocenters. The van der Waals surface area contributed by atoms with E-state index in [2.05, 4.69) is 19.6 Å². The van der Waals surface area contributed by atoms with E-state index in [1.165, 1.54) is 57.8 Å². The summed E-state index contributed by atoms with van der Waals surface area (Å²) in [4.78, 5) is 0. The van der Waals surface area contributed by atoms with E-state index in [1.807, 2.05) is 0 Å². The van der Waals surface area contributed by atoms with Crippen molar-refractivity contribution in [2.24, 2.45) is 11.8 Å². The van der Waals surface area contributed by atoms with Crippen LogP contribution in [0.4, 0.5) is 0 Å². The highest BCUT2D eigenvalue weighted by Crippen LogP contribution is 2.36. The Balaban J connectivity index is 2.04. The molecule has 0 heteroatoms. The molecule has 2 atom stereocenters. The summed E-state index contributed by atoms with van der Waals surface area (Å²) >= 11 is 0. The lowest BCUT2D eigenvalue weighted by Crippen LogP contribution is -1.96. The molecule has 1 saturated carbocycles. The van der Waals surface area contributed by atoms with Crippen LogP contribution < -0.4 is 0 Å². The average Bonchev–Trinajstić information content (AvgIpc) is 2.63. The Hall–Kier alpha value is -0.260. The van der Waals surface area contributed by atoms with Gasteiger partial charge in [0.25, 0.3) is 0 Å². The number of hydrogen-bond acceptors (Lipinski definition) is 0. The number of allylic oxidation sites excluding steroid dienone is 1. The Kier molecular flexibility index (Phi) is 5.98. The van der Waals surface area contributed by atoms with E-state index < -0.39 is 0 Å². The van der Waals surface area contributed by atoms with Crippen LogP contribution in [-0.4, -0.2) is 0 Å². The molecule has 1 aliphatic carbocycles. The van der Waals surface area contributed by atoms with Gasteiger partial charge < -0.3 is 0 Å². The van der Waals surface area contributed by atoms with Crippen molar-refractivity contribution < 1.29 is 0 Å². The van der Waals surface area contributed by atoms with Gasteiger partial charge in [-0.05, 0) is 31.1 Å². The third kappa shape index (κ3) is 4.30. The van der Waals surface area contributed by atoms with Crippen molar-refractivity contribution >= 4 is 0 Å². The van der Waals surface area contributed by atoms with Crippen LogP contribution in [-0.2, 0) is 0 Å². The quantitative estimate of drug-likeness (QED) is 0.397. The van der Waals surface area contributed by atoms with Crippen molar-refractivity contribution in [3.8, 4) is 0 Å². The van der Waals surface area contributed by atoms with Crippen molar-refractivity contribution in [2.75, 3.05) is 0 Å². The van der Waals surface area contributed by atoms with Gasteiger partial charge >= 0.3 is 0 Å². The molecule has 0 spiro atoms. The van der Waals surface area contributed by atoms with Crippen LogP contribution in [0.5, 0.6) is 0 Å². The molecule has 1 rings (SSSR count). The van der Waals surface area contributed by atoms with Gasteiger partial charge in [0.2, 0.25) is 0 Å². The number of rotatable bonds is 7. The van der Waals surface area contributed by atoms with Gasteiger partial charge in [-0.2, -0.15) is 0 Å². The van der Waals surface area contributed by atoms with Crippen molar-refractivity contribution in [2.45, 2.75) is 64.7 Å². The van der Waals surface area contributed by atoms with E-state index in [9.17, 15) is 0 Å². The molecular formula is C14H26. The zero-order chi connectivity index (χ0) is 10.2. The highest BCUT2D eigenvalue weighted by atomic mass is 14.3. The smallest absolute Gasteiger partial charge is 0.0353 e. The van der Waals surface area contributed by atoms with Gasteiger partial charge in [-0.3, -0.25) is 0 Å². The first kappa shape index (κ1) is 11.8. The van der Waals surface area contributed by atoms with Gasteiger partial charge in [0, 0.05) is 0 Å². The number of hydrogen-bond donors (Lipinski definition) is 0. The van der Waals surface area contributed by atoms with Crippen LogP contribution in [0.15, 0.2) is 12.7 Å². The van der Waals surface area contributed by atoms with E-state index in [-0.39, 0.29) is 0 Å². The van der Waals surface area contributed by atoms with E-state index in [1.54, 1.807) is 0 Å². The molecule has 0 N–H and O–H groups in total. The number of unbranched alkanes of at least 4 members (excludes halogenated alkanes) is 2. The maximum Gasteiger partial charge on any atom is -0.0353 e. The predicted octanol–water partition coefficient (Wildman–Crippen LogP) is 4.95. The first-order valence-corrected chi connectivity index (χ1v) is 6.47. The third-order valence-electron chi connectivity index (χ3n) is 3.64. The molecule has 0 aromatic rings. The van der Waals surface area contributed by atoms with Crippen LogP contribution in [0.25, 0.3) is 0 Å². The fourth-order valence-corrected chi connectivity index (χ4v) is 2.75. The zero-order valence-electron chi connectivity index (χ0n) is 9.80. The molecule has 0 aromatic heterocycles. The minimum atomic E-state index is 1.05. The van der Waals surface area contributed by atoms with Crippen LogP contribution in [0.3, 0.4) is 0 Å². The molecule has 14 heavy (non-hydrogen) atoms. The molecule has 82 valence electrons. The minimum Gasteiger partial charge on any atom is -0.103 e. The van der Waals surface area contributed by atoms with Crippen LogP contribution in [0.1, 0.15) is 64.7 Å². The van der Waals surface area contributed by atoms with Gasteiger partial charge in [-0.15, -0.1) is 6.58 Å². The SMILES string of the molecule is C=CCCCC1CCC(CCCC)C1. The highest BCUT2D eigenvalue weighted by molar-refractivity contribution is 4.76. The first-order chi connectivity index (χ1) is 6.86. The molecular weight excluding hydrogens is 168 g/mol. The topological polar surface area (TPSA) is 0 Å². The van der Waals surface area contributed by atoms with E-state index in [0.717, 1.165) is 11.8 Å². The van der Waals surface area contributed by atoms with Crippen molar-refractivity contribution in [1.82, 2.24) is 0 Å². The van der Waals surface area contributed by atoms with Crippen LogP contribution in [0, 0.1) is 11.8 Å². The average molecular weight is 194 g/mol. The normalized spacial score (nSPS) is 26.6. The van der Waals surface area contributed by atoms with Crippen LogP contribution >= 0.6 is 0 Å². The Morgan fingerprint density at radius 1 is 1.14 bits per heavy atom. The molecule has 0 nitrogen and oxygen atoms in total. The molecule has 0 aliphatic heterocycles. The standard InChI is InChI=1S/C14H26/c1-3-5-7-9-14-11-10-13(12-14)8-6-4-2/h3,13-14H,1,4-12H2,2H3. The van der Waals surface area contributed by atoms with Crippen molar-refractivity contribution in [3.63, 3.8) is 0 Å². The fraction of sp³-hybridized carbons (Fsp3) is 0.857. The second-order valence-electron chi connectivity index (χ2n) is 4.91. The lowest BCUT2D eigenvalue weighted by Gasteiger charge is -2.10. The third-order valence-corrected chi connectivity index (χ3v) is 3.64. The molecule has 1 fully saturated rings. The molecule has 0 amide bonds. The van der Waals surface area contributed by atoms with Gasteiger partial charge in [0.1, 0.15) is 0 Å². The molecule has 0 saturated heterocycles. The Morgan fingerprint density at radius 3 is 2.36 bits per heavy atom. The largest absolute Gasteiger partial charge is 0.103 e. The minimum absolute atomic E-state index is 1.05. The predicted molar refractivity (Wildman–Crippen MR) is 64.4 cm³/mol. The zero-order valence-corrected chi connectivity index (χ0v) is 9.80. The molecule has 0 heterocycles. The van der Waals surface area contributed by atoms with Gasteiger partial charge in [0.15, 0.2) is 0 Å². The van der Waals surface area contributed by atoms with Gasteiger partial charge in [0.05, 0.1) is 0 Å². The Labute approximate surface area is 89.8 Å². The molecule has 0 radical (unpaired) electrons. The van der Waals surface area contributed by atoms with E-state index in [0.29, 0.717) is 0 Å². The van der Waals surface area contributed by atoms with Gasteiger partial charge in [-0.1, -0.05) is 51.5 Å². The maximum atomic E-state index is 3.78. The first-order valence-electron chi connectivity index (χ1n) is 6.47. The maximum absolute atomic E-state index is 3.78. The van der Waals surface area contributed by atoms with E-state index in [4.69, 9.17) is 0 Å². The molecule has 1 aliphatic rings. The lowest BCUT2D eigenvalue weighted by molar-refractivity contribution is 0.429. The lowest BCUT2D eigenvalue weighted by atomic mass is 9.96. The summed E-state index contributed by atoms with van der Waals surface area (Å²) < 4.78 is 0. The summed E-state index contributed by atoms with van der Waals surface area (Å²) in [5.41, 5.74) is 0. The summed E-state index contributed by atoms with van der Waals surface area (Å²) in [5.74, 6) is 2.13. The summed E-state index contributed by atoms with van der Waals surface area (Å²) in [6.07, 6.45) is 15.0. The fourth-order valence-electron chi connectivity index (χ4n) is 2.75. The summed E-state index contributed by atoms with van der Waals surface area (Å²) in [5, 5.41) is 0. The molecule has 0 bridgehead atoms. The second kappa shape index (κ2) is 7.09.